The molecule has 2 rings (SSSR count). The van der Waals surface area contributed by atoms with Crippen LogP contribution in [0.15, 0.2) is 0 Å². The second kappa shape index (κ2) is 3.11. The van der Waals surface area contributed by atoms with Crippen molar-refractivity contribution in [1.29, 1.82) is 0 Å². The Kier molecular flexibility index (Phi) is 2.11. The summed E-state index contributed by atoms with van der Waals surface area (Å²) in [5.41, 5.74) is 0.798. The maximum absolute atomic E-state index is 3.23. The summed E-state index contributed by atoms with van der Waals surface area (Å²) < 4.78 is 0. The molecule has 1 spiro atoms. The van der Waals surface area contributed by atoms with Crippen LogP contribution in [0, 0.1) is 17.3 Å². The molecule has 2 fully saturated rings. The van der Waals surface area contributed by atoms with Crippen molar-refractivity contribution in [1.82, 2.24) is 4.90 Å². The van der Waals surface area contributed by atoms with E-state index in [9.17, 15) is 0 Å². The molecule has 1 heterocycles. The molecule has 2 aliphatic rings. The molecule has 12 heavy (non-hydrogen) atoms. The molecule has 0 aromatic heterocycles. The summed E-state index contributed by atoms with van der Waals surface area (Å²) in [6, 6.07) is 0. The second-order valence-electron chi connectivity index (χ2n) is 4.25. The fourth-order valence-electron chi connectivity index (χ4n) is 1.89. The molecule has 1 saturated carbocycles. The summed E-state index contributed by atoms with van der Waals surface area (Å²) >= 11 is 0. The van der Waals surface area contributed by atoms with Crippen LogP contribution in [0.3, 0.4) is 0 Å². The van der Waals surface area contributed by atoms with Crippen molar-refractivity contribution in [2.75, 3.05) is 19.6 Å². The molecule has 1 aliphatic carbocycles. The molecule has 0 aromatic rings. The molecule has 0 bridgehead atoms. The number of hydrogen-bond donors (Lipinski definition) is 0. The Hall–Kier alpha value is -0.480. The Morgan fingerprint density at radius 1 is 1.25 bits per heavy atom. The average Bonchev–Trinajstić information content (AvgIpc) is 2.76. The van der Waals surface area contributed by atoms with Crippen LogP contribution < -0.4 is 0 Å². The third kappa shape index (κ3) is 1.64. The molecule has 0 N–H and O–H groups in total. The van der Waals surface area contributed by atoms with E-state index in [4.69, 9.17) is 0 Å². The first-order valence-corrected chi connectivity index (χ1v) is 5.03. The Morgan fingerprint density at radius 3 is 2.58 bits per heavy atom. The number of rotatable bonds is 2. The summed E-state index contributed by atoms with van der Waals surface area (Å²) in [6.45, 7) is 5.85. The van der Waals surface area contributed by atoms with Crippen molar-refractivity contribution in [2.24, 2.45) is 5.41 Å². The highest BCUT2D eigenvalue weighted by atomic mass is 15.2. The minimum Gasteiger partial charge on any atom is -0.291 e. The first-order valence-electron chi connectivity index (χ1n) is 5.03. The lowest BCUT2D eigenvalue weighted by Gasteiger charge is -2.38. The highest BCUT2D eigenvalue weighted by Gasteiger charge is 2.51. The number of unbranched alkanes of at least 4 members (excludes halogenated alkanes) is 1. The van der Waals surface area contributed by atoms with Gasteiger partial charge in [-0.05, 0) is 24.7 Å². The highest BCUT2D eigenvalue weighted by molar-refractivity contribution is 5.09. The van der Waals surface area contributed by atoms with Crippen LogP contribution in [0.4, 0.5) is 0 Å². The van der Waals surface area contributed by atoms with Gasteiger partial charge in [-0.2, -0.15) is 0 Å². The molecule has 1 saturated heterocycles. The van der Waals surface area contributed by atoms with Crippen LogP contribution in [-0.4, -0.2) is 24.5 Å². The lowest BCUT2D eigenvalue weighted by atomic mass is 9.97. The molecule has 0 radical (unpaired) electrons. The van der Waals surface area contributed by atoms with Gasteiger partial charge in [0.25, 0.3) is 0 Å². The quantitative estimate of drug-likeness (QED) is 0.562. The summed E-state index contributed by atoms with van der Waals surface area (Å²) in [7, 11) is 0. The molecule has 66 valence electrons. The first-order chi connectivity index (χ1) is 5.85. The molecule has 1 heteroatoms. The Morgan fingerprint density at radius 2 is 2.00 bits per heavy atom. The lowest BCUT2D eigenvalue weighted by molar-refractivity contribution is 0.0984. The summed E-state index contributed by atoms with van der Waals surface area (Å²) in [5, 5.41) is 0. The summed E-state index contributed by atoms with van der Waals surface area (Å²) in [6.07, 6.45) is 5.22. The molecule has 0 atom stereocenters. The predicted octanol–water partition coefficient (Wildman–Crippen LogP) is 1.89. The van der Waals surface area contributed by atoms with Crippen LogP contribution >= 0.6 is 0 Å². The van der Waals surface area contributed by atoms with Gasteiger partial charge in [0, 0.05) is 19.5 Å². The van der Waals surface area contributed by atoms with E-state index in [1.807, 2.05) is 0 Å². The van der Waals surface area contributed by atoms with Gasteiger partial charge >= 0.3 is 0 Å². The SMILES string of the molecule is CCCC#CCN1CC2(CC2)C1. The van der Waals surface area contributed by atoms with Gasteiger partial charge in [0.05, 0.1) is 6.54 Å². The van der Waals surface area contributed by atoms with Crippen molar-refractivity contribution in [3.8, 4) is 11.8 Å². The van der Waals surface area contributed by atoms with Crippen molar-refractivity contribution >= 4 is 0 Å². The van der Waals surface area contributed by atoms with Gasteiger partial charge < -0.3 is 0 Å². The molecule has 0 aromatic carbocycles. The van der Waals surface area contributed by atoms with E-state index in [-0.39, 0.29) is 0 Å². The zero-order valence-electron chi connectivity index (χ0n) is 7.90. The maximum Gasteiger partial charge on any atom is 0.0601 e. The lowest BCUT2D eigenvalue weighted by Crippen LogP contribution is -2.48. The molecule has 0 unspecified atom stereocenters. The van der Waals surface area contributed by atoms with Crippen molar-refractivity contribution in [3.63, 3.8) is 0 Å². The monoisotopic (exact) mass is 163 g/mol. The van der Waals surface area contributed by atoms with Gasteiger partial charge in [-0.15, -0.1) is 5.92 Å². The summed E-state index contributed by atoms with van der Waals surface area (Å²) in [4.78, 5) is 2.47. The van der Waals surface area contributed by atoms with Crippen molar-refractivity contribution in [3.05, 3.63) is 0 Å². The van der Waals surface area contributed by atoms with Crippen LogP contribution in [0.5, 0.6) is 0 Å². The molecular weight excluding hydrogens is 146 g/mol. The van der Waals surface area contributed by atoms with E-state index < -0.39 is 0 Å². The summed E-state index contributed by atoms with van der Waals surface area (Å²) in [5.74, 6) is 6.42. The third-order valence-electron chi connectivity index (χ3n) is 2.88. The van der Waals surface area contributed by atoms with Crippen LogP contribution in [0.2, 0.25) is 0 Å². The Bertz CT molecular complexity index is 209. The van der Waals surface area contributed by atoms with Crippen LogP contribution in [0.25, 0.3) is 0 Å². The minimum absolute atomic E-state index is 0.798. The number of hydrogen-bond acceptors (Lipinski definition) is 1. The molecule has 1 nitrogen and oxygen atoms in total. The zero-order valence-corrected chi connectivity index (χ0v) is 7.90. The Labute approximate surface area is 75.1 Å². The zero-order chi connectivity index (χ0) is 8.44. The molecule has 1 aliphatic heterocycles. The molecular formula is C11H17N. The van der Waals surface area contributed by atoms with Gasteiger partial charge in [0.2, 0.25) is 0 Å². The minimum atomic E-state index is 0.798. The first kappa shape index (κ1) is 8.13. The fourth-order valence-corrected chi connectivity index (χ4v) is 1.89. The van der Waals surface area contributed by atoms with E-state index in [1.165, 1.54) is 32.4 Å². The topological polar surface area (TPSA) is 3.24 Å². The van der Waals surface area contributed by atoms with Crippen LogP contribution in [0.1, 0.15) is 32.6 Å². The smallest absolute Gasteiger partial charge is 0.0601 e. The van der Waals surface area contributed by atoms with Gasteiger partial charge in [0.15, 0.2) is 0 Å². The van der Waals surface area contributed by atoms with Crippen molar-refractivity contribution < 1.29 is 0 Å². The van der Waals surface area contributed by atoms with E-state index in [0.29, 0.717) is 0 Å². The number of nitrogens with zero attached hydrogens (tertiary/aromatic N) is 1. The van der Waals surface area contributed by atoms with E-state index in [2.05, 4.69) is 23.7 Å². The fraction of sp³-hybridized carbons (Fsp3) is 0.818. The number of likely N-dealkylation sites (tertiary alicyclic amines) is 1. The Balaban J connectivity index is 1.60. The van der Waals surface area contributed by atoms with Gasteiger partial charge in [-0.3, -0.25) is 4.90 Å². The standard InChI is InChI=1S/C11H17N/c1-2-3-4-5-8-12-9-11(10-12)6-7-11/h2-3,6-10H2,1H3. The normalized spacial score (nSPS) is 24.4. The predicted molar refractivity (Wildman–Crippen MR) is 50.8 cm³/mol. The van der Waals surface area contributed by atoms with Gasteiger partial charge in [-0.25, -0.2) is 0 Å². The van der Waals surface area contributed by atoms with Gasteiger partial charge in [-0.1, -0.05) is 12.8 Å². The average molecular weight is 163 g/mol. The van der Waals surface area contributed by atoms with E-state index >= 15 is 0 Å². The highest BCUT2D eigenvalue weighted by Crippen LogP contribution is 2.52. The van der Waals surface area contributed by atoms with Crippen LogP contribution in [-0.2, 0) is 0 Å². The second-order valence-corrected chi connectivity index (χ2v) is 4.25. The van der Waals surface area contributed by atoms with E-state index in [0.717, 1.165) is 18.4 Å². The molecule has 0 amide bonds. The maximum atomic E-state index is 3.23. The van der Waals surface area contributed by atoms with Gasteiger partial charge in [0.1, 0.15) is 0 Å². The van der Waals surface area contributed by atoms with E-state index in [1.54, 1.807) is 0 Å². The largest absolute Gasteiger partial charge is 0.291 e. The third-order valence-corrected chi connectivity index (χ3v) is 2.88. The van der Waals surface area contributed by atoms with Crippen molar-refractivity contribution in [2.45, 2.75) is 32.6 Å².